The molecule has 1 aliphatic carbocycles. The third kappa shape index (κ3) is 2.22. The Morgan fingerprint density at radius 3 is 2.71 bits per heavy atom. The predicted octanol–water partition coefficient (Wildman–Crippen LogP) is 2.46. The van der Waals surface area contributed by atoms with Crippen LogP contribution in [0.25, 0.3) is 0 Å². The lowest BCUT2D eigenvalue weighted by Crippen LogP contribution is -1.69. The maximum atomic E-state index is 2.23. The zero-order chi connectivity index (χ0) is 5.11. The molecular formula is C6H11S. The molecule has 1 heteroatoms. The minimum absolute atomic E-state index is 1.33. The number of rotatable bonds is 3. The van der Waals surface area contributed by atoms with E-state index in [4.69, 9.17) is 0 Å². The second kappa shape index (κ2) is 2.61. The first-order chi connectivity index (χ1) is 3.43. The SMILES string of the molecule is CCCS[C]1CC1. The van der Waals surface area contributed by atoms with E-state index in [0.29, 0.717) is 0 Å². The van der Waals surface area contributed by atoms with Gasteiger partial charge in [-0.1, -0.05) is 6.92 Å². The third-order valence-electron chi connectivity index (χ3n) is 0.964. The van der Waals surface area contributed by atoms with Gasteiger partial charge in [-0.3, -0.25) is 0 Å². The molecule has 0 atom stereocenters. The van der Waals surface area contributed by atoms with E-state index in [9.17, 15) is 0 Å². The summed E-state index contributed by atoms with van der Waals surface area (Å²) in [5.74, 6) is 1.34. The summed E-state index contributed by atoms with van der Waals surface area (Å²) < 4.78 is 0. The monoisotopic (exact) mass is 115 g/mol. The maximum Gasteiger partial charge on any atom is 0.0307 e. The maximum absolute atomic E-state index is 2.23. The molecule has 0 spiro atoms. The van der Waals surface area contributed by atoms with E-state index >= 15 is 0 Å². The predicted molar refractivity (Wildman–Crippen MR) is 35.2 cm³/mol. The summed E-state index contributed by atoms with van der Waals surface area (Å²) in [6.07, 6.45) is 4.14. The normalized spacial score (nSPS) is 20.1. The number of hydrogen-bond acceptors (Lipinski definition) is 1. The summed E-state index contributed by atoms with van der Waals surface area (Å²) in [4.78, 5) is 0. The third-order valence-corrected chi connectivity index (χ3v) is 2.39. The Kier molecular flexibility index (Phi) is 2.04. The summed E-state index contributed by atoms with van der Waals surface area (Å²) in [6.45, 7) is 2.23. The first-order valence-electron chi connectivity index (χ1n) is 2.91. The van der Waals surface area contributed by atoms with Crippen molar-refractivity contribution in [2.24, 2.45) is 0 Å². The second-order valence-electron chi connectivity index (χ2n) is 1.89. The highest BCUT2D eigenvalue weighted by Gasteiger charge is 2.21. The van der Waals surface area contributed by atoms with Crippen molar-refractivity contribution in [3.8, 4) is 0 Å². The van der Waals surface area contributed by atoms with Crippen molar-refractivity contribution in [3.05, 3.63) is 5.25 Å². The molecule has 7 heavy (non-hydrogen) atoms. The van der Waals surface area contributed by atoms with Crippen LogP contribution in [-0.4, -0.2) is 5.75 Å². The zero-order valence-electron chi connectivity index (χ0n) is 4.74. The lowest BCUT2D eigenvalue weighted by atomic mass is 10.6. The number of thioether (sulfide) groups is 1. The van der Waals surface area contributed by atoms with Crippen molar-refractivity contribution in [2.75, 3.05) is 5.75 Å². The van der Waals surface area contributed by atoms with Crippen LogP contribution in [0.3, 0.4) is 0 Å². The zero-order valence-corrected chi connectivity index (χ0v) is 5.55. The van der Waals surface area contributed by atoms with Gasteiger partial charge >= 0.3 is 0 Å². The topological polar surface area (TPSA) is 0 Å². The Morgan fingerprint density at radius 1 is 1.57 bits per heavy atom. The lowest BCUT2D eigenvalue weighted by Gasteiger charge is -1.88. The van der Waals surface area contributed by atoms with Crippen molar-refractivity contribution >= 4 is 11.8 Å². The Bertz CT molecular complexity index is 48.1. The van der Waals surface area contributed by atoms with Gasteiger partial charge in [0, 0.05) is 5.25 Å². The van der Waals surface area contributed by atoms with E-state index in [0.717, 1.165) is 0 Å². The van der Waals surface area contributed by atoms with Crippen LogP contribution in [0, 0.1) is 5.25 Å². The van der Waals surface area contributed by atoms with Crippen LogP contribution >= 0.6 is 11.8 Å². The largest absolute Gasteiger partial charge is 0.154 e. The van der Waals surface area contributed by atoms with Gasteiger partial charge in [-0.15, -0.1) is 0 Å². The smallest absolute Gasteiger partial charge is 0.0307 e. The van der Waals surface area contributed by atoms with Crippen LogP contribution in [0.2, 0.25) is 0 Å². The van der Waals surface area contributed by atoms with E-state index in [1.165, 1.54) is 25.0 Å². The minimum atomic E-state index is 1.33. The molecule has 0 aliphatic heterocycles. The first-order valence-corrected chi connectivity index (χ1v) is 3.89. The molecule has 0 N–H and O–H groups in total. The van der Waals surface area contributed by atoms with Gasteiger partial charge in [0.25, 0.3) is 0 Å². The standard InChI is InChI=1S/C6H11S/c1-2-5-7-6-3-4-6/h2-5H2,1H3. The van der Waals surface area contributed by atoms with E-state index in [-0.39, 0.29) is 0 Å². The van der Waals surface area contributed by atoms with Gasteiger partial charge < -0.3 is 0 Å². The van der Waals surface area contributed by atoms with Gasteiger partial charge in [-0.2, -0.15) is 11.8 Å². The number of hydrogen-bond donors (Lipinski definition) is 0. The van der Waals surface area contributed by atoms with E-state index < -0.39 is 0 Å². The van der Waals surface area contributed by atoms with Crippen LogP contribution in [0.1, 0.15) is 26.2 Å². The minimum Gasteiger partial charge on any atom is -0.154 e. The van der Waals surface area contributed by atoms with Crippen LogP contribution in [0.5, 0.6) is 0 Å². The molecule has 1 saturated carbocycles. The van der Waals surface area contributed by atoms with E-state index in [1.54, 1.807) is 5.25 Å². The molecule has 1 fully saturated rings. The molecule has 0 nitrogen and oxygen atoms in total. The Labute approximate surface area is 49.7 Å². The fourth-order valence-corrected chi connectivity index (χ4v) is 1.33. The molecule has 41 valence electrons. The van der Waals surface area contributed by atoms with Crippen molar-refractivity contribution in [1.29, 1.82) is 0 Å². The molecule has 0 heterocycles. The molecule has 0 amide bonds. The molecule has 0 unspecified atom stereocenters. The van der Waals surface area contributed by atoms with Crippen molar-refractivity contribution in [1.82, 2.24) is 0 Å². The van der Waals surface area contributed by atoms with Crippen LogP contribution in [-0.2, 0) is 0 Å². The Hall–Kier alpha value is 0.350. The average molecular weight is 115 g/mol. The molecule has 1 rings (SSSR count). The molecule has 1 radical (unpaired) electrons. The van der Waals surface area contributed by atoms with Gasteiger partial charge in [-0.25, -0.2) is 0 Å². The van der Waals surface area contributed by atoms with Crippen molar-refractivity contribution < 1.29 is 0 Å². The van der Waals surface area contributed by atoms with Crippen molar-refractivity contribution in [2.45, 2.75) is 26.2 Å². The molecule has 1 aliphatic rings. The molecule has 0 aromatic heterocycles. The Balaban J connectivity index is 1.80. The first kappa shape index (κ1) is 5.49. The lowest BCUT2D eigenvalue weighted by molar-refractivity contribution is 1.11. The molecular weight excluding hydrogens is 104 g/mol. The van der Waals surface area contributed by atoms with Gasteiger partial charge in [0.05, 0.1) is 0 Å². The highest BCUT2D eigenvalue weighted by atomic mass is 32.2. The average Bonchev–Trinajstić information content (AvgIpc) is 2.42. The summed E-state index contributed by atoms with van der Waals surface area (Å²) >= 11 is 2.06. The summed E-state index contributed by atoms with van der Waals surface area (Å²) in [5.41, 5.74) is 0. The van der Waals surface area contributed by atoms with Gasteiger partial charge in [0.2, 0.25) is 0 Å². The highest BCUT2D eigenvalue weighted by Crippen LogP contribution is 2.42. The summed E-state index contributed by atoms with van der Waals surface area (Å²) in [5, 5.41) is 1.72. The fourth-order valence-electron chi connectivity index (χ4n) is 0.442. The second-order valence-corrected chi connectivity index (χ2v) is 3.16. The van der Waals surface area contributed by atoms with E-state index in [2.05, 4.69) is 18.7 Å². The van der Waals surface area contributed by atoms with Gasteiger partial charge in [0.1, 0.15) is 0 Å². The summed E-state index contributed by atoms with van der Waals surface area (Å²) in [7, 11) is 0. The van der Waals surface area contributed by atoms with Gasteiger partial charge in [0.15, 0.2) is 0 Å². The van der Waals surface area contributed by atoms with E-state index in [1.807, 2.05) is 0 Å². The Morgan fingerprint density at radius 2 is 2.29 bits per heavy atom. The molecule has 0 bridgehead atoms. The molecule has 0 aromatic rings. The highest BCUT2D eigenvalue weighted by molar-refractivity contribution is 8.02. The quantitative estimate of drug-likeness (QED) is 0.544. The molecule has 0 saturated heterocycles. The molecule has 0 aromatic carbocycles. The van der Waals surface area contributed by atoms with Crippen molar-refractivity contribution in [3.63, 3.8) is 0 Å². The van der Waals surface area contributed by atoms with Crippen LogP contribution in [0.4, 0.5) is 0 Å². The summed E-state index contributed by atoms with van der Waals surface area (Å²) in [6, 6.07) is 0. The van der Waals surface area contributed by atoms with Crippen LogP contribution < -0.4 is 0 Å². The fraction of sp³-hybridized carbons (Fsp3) is 0.833. The van der Waals surface area contributed by atoms with Crippen LogP contribution in [0.15, 0.2) is 0 Å². The van der Waals surface area contributed by atoms with Gasteiger partial charge in [-0.05, 0) is 25.0 Å².